The van der Waals surface area contributed by atoms with Crippen LogP contribution in [0.5, 0.6) is 0 Å². The van der Waals surface area contributed by atoms with Crippen LogP contribution in [0, 0.1) is 0 Å². The zero-order valence-corrected chi connectivity index (χ0v) is 11.5. The lowest BCUT2D eigenvalue weighted by atomic mass is 10.2. The van der Waals surface area contributed by atoms with E-state index in [1.165, 1.54) is 14.0 Å². The summed E-state index contributed by atoms with van der Waals surface area (Å²) in [6.07, 6.45) is -2.54. The van der Waals surface area contributed by atoms with E-state index in [-0.39, 0.29) is 0 Å². The molecular formula is C11H16F2N4O4. The van der Waals surface area contributed by atoms with Gasteiger partial charge in [0.15, 0.2) is 5.69 Å². The number of carboxylic acids is 1. The third kappa shape index (κ3) is 4.18. The molecule has 1 aromatic rings. The van der Waals surface area contributed by atoms with Gasteiger partial charge < -0.3 is 15.2 Å². The van der Waals surface area contributed by atoms with Crippen molar-refractivity contribution in [2.45, 2.75) is 25.8 Å². The molecule has 0 aromatic carbocycles. The van der Waals surface area contributed by atoms with Gasteiger partial charge in [-0.25, -0.2) is 18.3 Å². The Balaban J connectivity index is 2.84. The molecule has 1 amide bonds. The molecule has 0 radical (unpaired) electrons. The lowest BCUT2D eigenvalue weighted by Crippen LogP contribution is -2.33. The molecule has 0 aliphatic carbocycles. The van der Waals surface area contributed by atoms with Gasteiger partial charge in [0.2, 0.25) is 5.91 Å². The first-order chi connectivity index (χ1) is 9.90. The first-order valence-electron chi connectivity index (χ1n) is 6.13. The van der Waals surface area contributed by atoms with Gasteiger partial charge in [0.1, 0.15) is 11.7 Å². The highest BCUT2D eigenvalue weighted by molar-refractivity contribution is 5.87. The van der Waals surface area contributed by atoms with Crippen LogP contribution in [0.4, 0.5) is 8.78 Å². The van der Waals surface area contributed by atoms with Crippen molar-refractivity contribution in [3.63, 3.8) is 0 Å². The molecule has 1 rings (SSSR count). The fourth-order valence-electron chi connectivity index (χ4n) is 1.63. The molecule has 0 aliphatic heterocycles. The van der Waals surface area contributed by atoms with Gasteiger partial charge in [0.05, 0.1) is 0 Å². The molecule has 0 bridgehead atoms. The van der Waals surface area contributed by atoms with Crippen molar-refractivity contribution in [3.8, 4) is 0 Å². The molecule has 0 fully saturated rings. The number of aromatic carboxylic acids is 1. The number of carbonyl (C=O) groups is 2. The van der Waals surface area contributed by atoms with Crippen LogP contribution in [0.25, 0.3) is 0 Å². The van der Waals surface area contributed by atoms with E-state index in [1.54, 1.807) is 0 Å². The van der Waals surface area contributed by atoms with E-state index in [2.05, 4.69) is 15.6 Å². The van der Waals surface area contributed by atoms with Gasteiger partial charge in [-0.1, -0.05) is 5.21 Å². The summed E-state index contributed by atoms with van der Waals surface area (Å²) >= 11 is 0. The van der Waals surface area contributed by atoms with Crippen LogP contribution in [0.1, 0.15) is 42.0 Å². The maximum Gasteiger partial charge on any atom is 0.358 e. The molecule has 0 saturated heterocycles. The number of amides is 1. The van der Waals surface area contributed by atoms with E-state index >= 15 is 0 Å². The lowest BCUT2D eigenvalue weighted by molar-refractivity contribution is -0.124. The fraction of sp³-hybridized carbons (Fsp3) is 0.636. The van der Waals surface area contributed by atoms with E-state index in [1.807, 2.05) is 0 Å². The Morgan fingerprint density at radius 3 is 2.67 bits per heavy atom. The van der Waals surface area contributed by atoms with E-state index in [9.17, 15) is 18.4 Å². The summed E-state index contributed by atoms with van der Waals surface area (Å²) in [6, 6.07) is -1.10. The molecule has 0 spiro atoms. The summed E-state index contributed by atoms with van der Waals surface area (Å²) in [5, 5.41) is 17.8. The number of ether oxygens (including phenoxy) is 1. The minimum absolute atomic E-state index is 0.307. The standard InChI is InChI=1S/C11H16F2N4O4/c1-6(10(18)14-4-3-5-21-2)17-8(9(12)13)7(11(19)20)15-16-17/h6,9H,3-5H2,1-2H3,(H,14,18)(H,19,20). The molecule has 0 aliphatic rings. The van der Waals surface area contributed by atoms with E-state index in [4.69, 9.17) is 9.84 Å². The largest absolute Gasteiger partial charge is 0.476 e. The Bertz CT molecular complexity index is 506. The third-order valence-corrected chi connectivity index (χ3v) is 2.71. The van der Waals surface area contributed by atoms with Crippen molar-refractivity contribution in [1.29, 1.82) is 0 Å². The molecule has 118 valence electrons. The topological polar surface area (TPSA) is 106 Å². The zero-order chi connectivity index (χ0) is 16.0. The number of halogens is 2. The average Bonchev–Trinajstić information content (AvgIpc) is 2.87. The normalized spacial score (nSPS) is 12.4. The maximum absolute atomic E-state index is 12.9. The molecule has 1 heterocycles. The van der Waals surface area contributed by atoms with Crippen LogP contribution in [0.3, 0.4) is 0 Å². The van der Waals surface area contributed by atoms with Crippen molar-refractivity contribution in [2.24, 2.45) is 0 Å². The van der Waals surface area contributed by atoms with Gasteiger partial charge in [0, 0.05) is 20.3 Å². The Labute approximate surface area is 119 Å². The monoisotopic (exact) mass is 306 g/mol. The second-order valence-corrected chi connectivity index (χ2v) is 4.19. The van der Waals surface area contributed by atoms with Crippen LogP contribution in [-0.2, 0) is 9.53 Å². The van der Waals surface area contributed by atoms with Crippen LogP contribution in [0.15, 0.2) is 0 Å². The van der Waals surface area contributed by atoms with Gasteiger partial charge in [0.25, 0.3) is 6.43 Å². The first kappa shape index (κ1) is 17.0. The molecule has 21 heavy (non-hydrogen) atoms. The predicted octanol–water partition coefficient (Wildman–Crippen LogP) is 0.628. The second kappa shape index (κ2) is 7.62. The average molecular weight is 306 g/mol. The molecule has 1 atom stereocenters. The molecule has 2 N–H and O–H groups in total. The lowest BCUT2D eigenvalue weighted by Gasteiger charge is -2.14. The summed E-state index contributed by atoms with van der Waals surface area (Å²) in [6.45, 7) is 2.09. The summed E-state index contributed by atoms with van der Waals surface area (Å²) < 4.78 is 31.3. The maximum atomic E-state index is 12.9. The highest BCUT2D eigenvalue weighted by Gasteiger charge is 2.30. The van der Waals surface area contributed by atoms with Crippen molar-refractivity contribution < 1.29 is 28.2 Å². The Morgan fingerprint density at radius 2 is 2.14 bits per heavy atom. The number of hydrogen-bond acceptors (Lipinski definition) is 5. The van der Waals surface area contributed by atoms with Gasteiger partial charge in [-0.05, 0) is 13.3 Å². The van der Waals surface area contributed by atoms with Crippen molar-refractivity contribution in [2.75, 3.05) is 20.3 Å². The van der Waals surface area contributed by atoms with E-state index in [0.717, 1.165) is 0 Å². The summed E-state index contributed by atoms with van der Waals surface area (Å²) in [5.74, 6) is -2.18. The van der Waals surface area contributed by atoms with Crippen molar-refractivity contribution in [3.05, 3.63) is 11.4 Å². The van der Waals surface area contributed by atoms with Crippen LogP contribution in [0.2, 0.25) is 0 Å². The number of nitrogens with zero attached hydrogens (tertiary/aromatic N) is 3. The number of hydrogen-bond donors (Lipinski definition) is 2. The highest BCUT2D eigenvalue weighted by Crippen LogP contribution is 2.24. The quantitative estimate of drug-likeness (QED) is 0.682. The van der Waals surface area contributed by atoms with Crippen LogP contribution >= 0.6 is 0 Å². The molecule has 1 aromatic heterocycles. The first-order valence-corrected chi connectivity index (χ1v) is 6.13. The number of alkyl halides is 2. The van der Waals surface area contributed by atoms with Crippen LogP contribution in [-0.4, -0.2) is 52.2 Å². The number of nitrogens with one attached hydrogen (secondary N) is 1. The van der Waals surface area contributed by atoms with Crippen molar-refractivity contribution in [1.82, 2.24) is 20.3 Å². The number of carboxylic acid groups (broad SMARTS) is 1. The Kier molecular flexibility index (Phi) is 6.15. The highest BCUT2D eigenvalue weighted by atomic mass is 19.3. The van der Waals surface area contributed by atoms with Crippen LogP contribution < -0.4 is 5.32 Å². The number of carbonyl (C=O) groups excluding carboxylic acids is 1. The Morgan fingerprint density at radius 1 is 1.48 bits per heavy atom. The van der Waals surface area contributed by atoms with E-state index < -0.39 is 35.7 Å². The minimum Gasteiger partial charge on any atom is -0.476 e. The second-order valence-electron chi connectivity index (χ2n) is 4.19. The van der Waals surface area contributed by atoms with Gasteiger partial charge in [-0.15, -0.1) is 5.10 Å². The molecular weight excluding hydrogens is 290 g/mol. The Hall–Kier alpha value is -2.10. The smallest absolute Gasteiger partial charge is 0.358 e. The minimum atomic E-state index is -3.10. The SMILES string of the molecule is COCCCNC(=O)C(C)n1nnc(C(=O)O)c1C(F)F. The molecule has 1 unspecified atom stereocenters. The third-order valence-electron chi connectivity index (χ3n) is 2.71. The summed E-state index contributed by atoms with van der Waals surface area (Å²) in [7, 11) is 1.52. The summed E-state index contributed by atoms with van der Waals surface area (Å²) in [4.78, 5) is 22.6. The van der Waals surface area contributed by atoms with Gasteiger partial charge >= 0.3 is 5.97 Å². The van der Waals surface area contributed by atoms with Crippen molar-refractivity contribution >= 4 is 11.9 Å². The molecule has 10 heteroatoms. The van der Waals surface area contributed by atoms with Gasteiger partial charge in [-0.3, -0.25) is 4.79 Å². The predicted molar refractivity (Wildman–Crippen MR) is 66.2 cm³/mol. The fourth-order valence-corrected chi connectivity index (χ4v) is 1.63. The number of aromatic nitrogens is 3. The number of rotatable bonds is 8. The molecule has 0 saturated carbocycles. The summed E-state index contributed by atoms with van der Waals surface area (Å²) in [5.41, 5.74) is -1.74. The van der Waals surface area contributed by atoms with E-state index in [0.29, 0.717) is 24.3 Å². The molecule has 8 nitrogen and oxygen atoms in total. The number of methoxy groups -OCH3 is 1. The van der Waals surface area contributed by atoms with Gasteiger partial charge in [-0.2, -0.15) is 0 Å². The zero-order valence-electron chi connectivity index (χ0n) is 11.5.